The maximum absolute atomic E-state index is 5.02. The van der Waals surface area contributed by atoms with Crippen molar-refractivity contribution in [2.45, 2.75) is 6.04 Å². The first-order valence-electron chi connectivity index (χ1n) is 8.03. The van der Waals surface area contributed by atoms with Crippen molar-refractivity contribution in [1.82, 2.24) is 0 Å². The fourth-order valence-electron chi connectivity index (χ4n) is 2.78. The van der Waals surface area contributed by atoms with Crippen molar-refractivity contribution in [3.63, 3.8) is 0 Å². The first-order chi connectivity index (χ1) is 11.9. The van der Waals surface area contributed by atoms with E-state index in [4.69, 9.17) is 4.99 Å². The van der Waals surface area contributed by atoms with Crippen LogP contribution in [0.3, 0.4) is 0 Å². The fourth-order valence-corrected chi connectivity index (χ4v) is 3.92. The van der Waals surface area contributed by atoms with Crippen LogP contribution in [0.15, 0.2) is 101 Å². The Balaban J connectivity index is 1.75. The average Bonchev–Trinajstić information content (AvgIpc) is 3.08. The van der Waals surface area contributed by atoms with Gasteiger partial charge in [-0.3, -0.25) is 4.99 Å². The minimum atomic E-state index is 0.0756. The van der Waals surface area contributed by atoms with Crippen LogP contribution in [-0.4, -0.2) is 5.04 Å². The second-order valence-corrected chi connectivity index (χ2v) is 6.74. The molecule has 1 atom stereocenters. The van der Waals surface area contributed by atoms with Crippen LogP contribution >= 0.6 is 11.8 Å². The van der Waals surface area contributed by atoms with Crippen molar-refractivity contribution >= 4 is 22.9 Å². The molecule has 0 saturated carbocycles. The van der Waals surface area contributed by atoms with Crippen molar-refractivity contribution < 1.29 is 0 Å². The number of aliphatic imine (C=N–C) groups is 1. The lowest BCUT2D eigenvalue weighted by Crippen LogP contribution is -1.93. The summed E-state index contributed by atoms with van der Waals surface area (Å²) in [6.45, 7) is 0. The van der Waals surface area contributed by atoms with Gasteiger partial charge in [0.15, 0.2) is 0 Å². The summed E-state index contributed by atoms with van der Waals surface area (Å²) >= 11 is 1.77. The third-order valence-corrected chi connectivity index (χ3v) is 5.09. The van der Waals surface area contributed by atoms with E-state index in [1.165, 1.54) is 21.6 Å². The molecule has 1 unspecified atom stereocenters. The number of nitrogens with zero attached hydrogens (tertiary/aromatic N) is 1. The van der Waals surface area contributed by atoms with Gasteiger partial charge >= 0.3 is 0 Å². The van der Waals surface area contributed by atoms with E-state index in [2.05, 4.69) is 78.9 Å². The molecule has 0 amide bonds. The van der Waals surface area contributed by atoms with Gasteiger partial charge in [-0.1, -0.05) is 103 Å². The molecule has 0 fully saturated rings. The molecule has 0 bridgehead atoms. The third-order valence-electron chi connectivity index (χ3n) is 3.97. The van der Waals surface area contributed by atoms with Crippen LogP contribution in [0.2, 0.25) is 0 Å². The molecule has 0 aromatic heterocycles. The average molecular weight is 327 g/mol. The molecule has 1 aliphatic heterocycles. The molecule has 3 aromatic rings. The van der Waals surface area contributed by atoms with Gasteiger partial charge in [-0.2, -0.15) is 0 Å². The lowest BCUT2D eigenvalue weighted by atomic mass is 10.1. The number of thioether (sulfide) groups is 1. The monoisotopic (exact) mass is 327 g/mol. The molecular weight excluding hydrogens is 310 g/mol. The Bertz CT molecular complexity index is 868. The second-order valence-electron chi connectivity index (χ2n) is 5.67. The van der Waals surface area contributed by atoms with Gasteiger partial charge in [-0.25, -0.2) is 0 Å². The minimum absolute atomic E-state index is 0.0756. The summed E-state index contributed by atoms with van der Waals surface area (Å²) in [5.41, 5.74) is 3.63. The van der Waals surface area contributed by atoms with Crippen molar-refractivity contribution in [3.05, 3.63) is 113 Å². The number of benzene rings is 3. The SMILES string of the molecule is C(=C1/SC(c2ccccc2)=NC1c1ccccc1)/c1ccccc1. The van der Waals surface area contributed by atoms with E-state index < -0.39 is 0 Å². The summed E-state index contributed by atoms with van der Waals surface area (Å²) in [6.07, 6.45) is 2.25. The number of rotatable bonds is 3. The van der Waals surface area contributed by atoms with Crippen LogP contribution < -0.4 is 0 Å². The lowest BCUT2D eigenvalue weighted by molar-refractivity contribution is 0.917. The van der Waals surface area contributed by atoms with E-state index in [0.717, 1.165) is 5.04 Å². The lowest BCUT2D eigenvalue weighted by Gasteiger charge is -2.09. The Kier molecular flexibility index (Phi) is 4.30. The van der Waals surface area contributed by atoms with Gasteiger partial charge in [0.05, 0.1) is 0 Å². The van der Waals surface area contributed by atoms with Gasteiger partial charge in [0.25, 0.3) is 0 Å². The first kappa shape index (κ1) is 15.0. The predicted octanol–water partition coefficient (Wildman–Crippen LogP) is 5.96. The van der Waals surface area contributed by atoms with Crippen LogP contribution in [0.1, 0.15) is 22.7 Å². The molecule has 0 radical (unpaired) electrons. The Morgan fingerprint density at radius 3 is 1.96 bits per heavy atom. The number of hydrogen-bond donors (Lipinski definition) is 0. The molecule has 1 aliphatic rings. The van der Waals surface area contributed by atoms with Gasteiger partial charge in [0.1, 0.15) is 11.1 Å². The second kappa shape index (κ2) is 6.90. The summed E-state index contributed by atoms with van der Waals surface area (Å²) in [5, 5.41) is 1.09. The molecule has 0 aliphatic carbocycles. The molecule has 24 heavy (non-hydrogen) atoms. The van der Waals surface area contributed by atoms with E-state index in [1.807, 2.05) is 18.2 Å². The van der Waals surface area contributed by atoms with Gasteiger partial charge in [0.2, 0.25) is 0 Å². The zero-order valence-electron chi connectivity index (χ0n) is 13.2. The minimum Gasteiger partial charge on any atom is -0.264 e. The Morgan fingerprint density at radius 1 is 0.708 bits per heavy atom. The maximum atomic E-state index is 5.02. The van der Waals surface area contributed by atoms with E-state index in [-0.39, 0.29) is 6.04 Å². The smallest absolute Gasteiger partial charge is 0.108 e. The van der Waals surface area contributed by atoms with Crippen molar-refractivity contribution in [3.8, 4) is 0 Å². The van der Waals surface area contributed by atoms with E-state index >= 15 is 0 Å². The van der Waals surface area contributed by atoms with Gasteiger partial charge in [-0.05, 0) is 17.2 Å². The zero-order valence-corrected chi connectivity index (χ0v) is 14.0. The topological polar surface area (TPSA) is 12.4 Å². The summed E-state index contributed by atoms with van der Waals surface area (Å²) < 4.78 is 0. The van der Waals surface area contributed by atoms with Gasteiger partial charge in [-0.15, -0.1) is 0 Å². The van der Waals surface area contributed by atoms with E-state index in [1.54, 1.807) is 11.8 Å². The van der Waals surface area contributed by atoms with E-state index in [9.17, 15) is 0 Å². The largest absolute Gasteiger partial charge is 0.264 e. The molecule has 1 heterocycles. The summed E-state index contributed by atoms with van der Waals surface area (Å²) in [4.78, 5) is 6.29. The highest BCUT2D eigenvalue weighted by Crippen LogP contribution is 2.43. The molecule has 4 rings (SSSR count). The van der Waals surface area contributed by atoms with Crippen molar-refractivity contribution in [2.24, 2.45) is 4.99 Å². The van der Waals surface area contributed by atoms with Crippen molar-refractivity contribution in [2.75, 3.05) is 0 Å². The fraction of sp³-hybridized carbons (Fsp3) is 0.0455. The molecule has 0 saturated heterocycles. The van der Waals surface area contributed by atoms with Crippen LogP contribution in [0.25, 0.3) is 6.08 Å². The normalized spacial score (nSPS) is 18.6. The van der Waals surface area contributed by atoms with Crippen LogP contribution in [-0.2, 0) is 0 Å². The van der Waals surface area contributed by atoms with Gasteiger partial charge in [0, 0.05) is 10.5 Å². The predicted molar refractivity (Wildman–Crippen MR) is 104 cm³/mol. The molecule has 116 valence electrons. The molecule has 0 N–H and O–H groups in total. The molecule has 3 aromatic carbocycles. The maximum Gasteiger partial charge on any atom is 0.108 e. The zero-order chi connectivity index (χ0) is 16.2. The molecule has 0 spiro atoms. The molecule has 1 nitrogen and oxygen atoms in total. The summed E-state index contributed by atoms with van der Waals surface area (Å²) in [7, 11) is 0. The highest BCUT2D eigenvalue weighted by Gasteiger charge is 2.26. The first-order valence-corrected chi connectivity index (χ1v) is 8.84. The summed E-state index contributed by atoms with van der Waals surface area (Å²) in [6, 6.07) is 31.5. The Morgan fingerprint density at radius 2 is 1.29 bits per heavy atom. The molecular formula is C22H17NS. The van der Waals surface area contributed by atoms with Gasteiger partial charge < -0.3 is 0 Å². The molecule has 2 heteroatoms. The third kappa shape index (κ3) is 3.19. The van der Waals surface area contributed by atoms with Crippen LogP contribution in [0, 0.1) is 0 Å². The Labute approximate surface area is 146 Å². The Hall–Kier alpha value is -2.58. The van der Waals surface area contributed by atoms with Crippen LogP contribution in [0.4, 0.5) is 0 Å². The highest BCUT2D eigenvalue weighted by molar-refractivity contribution is 8.18. The van der Waals surface area contributed by atoms with E-state index in [0.29, 0.717) is 0 Å². The summed E-state index contributed by atoms with van der Waals surface area (Å²) in [5.74, 6) is 0. The van der Waals surface area contributed by atoms with Crippen LogP contribution in [0.5, 0.6) is 0 Å². The van der Waals surface area contributed by atoms with Crippen molar-refractivity contribution in [1.29, 1.82) is 0 Å². The highest BCUT2D eigenvalue weighted by atomic mass is 32.2. The standard InChI is InChI=1S/C22H17NS/c1-4-10-17(11-5-1)16-20-21(18-12-6-2-7-13-18)23-22(24-20)19-14-8-3-9-15-19/h1-16,21H/b20-16-. The number of hydrogen-bond acceptors (Lipinski definition) is 2. The quantitative estimate of drug-likeness (QED) is 0.578.